The molecule has 3 heterocycles. The van der Waals surface area contributed by atoms with Crippen molar-refractivity contribution in [1.82, 2.24) is 9.80 Å². The van der Waals surface area contributed by atoms with Crippen molar-refractivity contribution in [3.63, 3.8) is 0 Å². The van der Waals surface area contributed by atoms with Crippen molar-refractivity contribution in [3.8, 4) is 0 Å². The molecule has 2 bridgehead atoms. The number of carbonyl (C=O) groups excluding carboxylic acids is 3. The predicted molar refractivity (Wildman–Crippen MR) is 132 cm³/mol. The maximum Gasteiger partial charge on any atom is 0.312 e. The highest BCUT2D eigenvalue weighted by Gasteiger charge is 2.80. The van der Waals surface area contributed by atoms with Crippen LogP contribution in [0.2, 0.25) is 0 Å². The number of aliphatic hydroxyl groups excluding tert-OH is 1. The van der Waals surface area contributed by atoms with E-state index in [0.717, 1.165) is 0 Å². The molecule has 2 amide bonds. The predicted octanol–water partition coefficient (Wildman–Crippen LogP) is 2.56. The normalized spacial score (nSPS) is 34.3. The molecule has 35 heavy (non-hydrogen) atoms. The van der Waals surface area contributed by atoms with Crippen LogP contribution < -0.4 is 0 Å². The number of hydrogen-bond donors (Lipinski definition) is 1. The summed E-state index contributed by atoms with van der Waals surface area (Å²) in [6, 6.07) is -1.67. The van der Waals surface area contributed by atoms with Gasteiger partial charge < -0.3 is 24.4 Å². The van der Waals surface area contributed by atoms with Crippen LogP contribution in [0.3, 0.4) is 0 Å². The summed E-state index contributed by atoms with van der Waals surface area (Å²) in [4.78, 5) is 44.9. The molecule has 0 saturated carbocycles. The highest BCUT2D eigenvalue weighted by Crippen LogP contribution is 2.65. The summed E-state index contributed by atoms with van der Waals surface area (Å²) in [7, 11) is 0. The molecule has 0 aliphatic carbocycles. The second kappa shape index (κ2) is 10.1. The molecule has 3 aliphatic heterocycles. The van der Waals surface area contributed by atoms with E-state index >= 15 is 0 Å². The maximum atomic E-state index is 14.2. The molecule has 3 saturated heterocycles. The molecule has 196 valence electrons. The van der Waals surface area contributed by atoms with Crippen LogP contribution in [0.5, 0.6) is 0 Å². The lowest BCUT2D eigenvalue weighted by atomic mass is 9.62. The van der Waals surface area contributed by atoms with E-state index in [-0.39, 0.29) is 42.9 Å². The molecule has 8 heteroatoms. The van der Waals surface area contributed by atoms with Crippen LogP contribution in [0.1, 0.15) is 54.4 Å². The van der Waals surface area contributed by atoms with Crippen LogP contribution in [-0.4, -0.2) is 81.8 Å². The van der Waals surface area contributed by atoms with Crippen molar-refractivity contribution in [3.05, 3.63) is 25.3 Å². The second-order valence-corrected chi connectivity index (χ2v) is 11.1. The Labute approximate surface area is 209 Å². The van der Waals surface area contributed by atoms with Gasteiger partial charge in [-0.2, -0.15) is 0 Å². The van der Waals surface area contributed by atoms with Crippen molar-refractivity contribution < 1.29 is 29.0 Å². The van der Waals surface area contributed by atoms with Crippen LogP contribution in [0.4, 0.5) is 0 Å². The van der Waals surface area contributed by atoms with Crippen molar-refractivity contribution in [2.75, 3.05) is 19.8 Å². The van der Waals surface area contributed by atoms with Gasteiger partial charge in [-0.05, 0) is 45.4 Å². The molecule has 3 unspecified atom stereocenters. The lowest BCUT2D eigenvalue weighted by Crippen LogP contribution is -2.60. The Bertz CT molecular complexity index is 872. The Morgan fingerprint density at radius 2 is 1.94 bits per heavy atom. The lowest BCUT2D eigenvalue weighted by Gasteiger charge is -2.41. The van der Waals surface area contributed by atoms with E-state index in [1.165, 1.54) is 4.90 Å². The second-order valence-electron chi connectivity index (χ2n) is 11.1. The standard InChI is InChI=1S/C27H42N2O6/c1-9-11-13-34-25(33)21-20-23(31)29(19(15-30)16(3)4)22(24(32)28(12-10-2)17(5)6)27(20)14-18(7)26(21,8)35-27/h9-10,16-22,30H,1-2,11-15H2,3-8H3/t18?,19-,20-,21+,22?,26-,27?/m0/s1. The Morgan fingerprint density at radius 3 is 2.46 bits per heavy atom. The average Bonchev–Trinajstić information content (AvgIpc) is 3.29. The molecule has 3 fully saturated rings. The number of nitrogens with zero attached hydrogens (tertiary/aromatic N) is 2. The minimum Gasteiger partial charge on any atom is -0.465 e. The Balaban J connectivity index is 2.15. The SMILES string of the molecule is C=CCCOC(=O)[C@H]1[C@H]2C(=O)N([C@@H](CO)C(C)C)C(C(=O)N(CC=C)C(C)C)C23CC(C)[C@]1(C)O3. The van der Waals surface area contributed by atoms with E-state index in [1.54, 1.807) is 17.1 Å². The quantitative estimate of drug-likeness (QED) is 0.272. The van der Waals surface area contributed by atoms with E-state index < -0.39 is 41.1 Å². The number of fused-ring (bicyclic) bond motifs is 1. The van der Waals surface area contributed by atoms with Gasteiger partial charge in [-0.15, -0.1) is 13.2 Å². The van der Waals surface area contributed by atoms with Gasteiger partial charge in [-0.25, -0.2) is 0 Å². The molecule has 1 spiro atoms. The van der Waals surface area contributed by atoms with E-state index in [1.807, 2.05) is 41.5 Å². The third-order valence-corrected chi connectivity index (χ3v) is 8.35. The molecule has 3 aliphatic rings. The third kappa shape index (κ3) is 4.12. The lowest BCUT2D eigenvalue weighted by molar-refractivity contribution is -0.164. The molecule has 3 rings (SSSR count). The van der Waals surface area contributed by atoms with Crippen LogP contribution in [0, 0.1) is 23.7 Å². The molecular weight excluding hydrogens is 448 g/mol. The van der Waals surface area contributed by atoms with Crippen LogP contribution in [-0.2, 0) is 23.9 Å². The number of amides is 2. The van der Waals surface area contributed by atoms with Crippen molar-refractivity contribution in [1.29, 1.82) is 0 Å². The summed E-state index contributed by atoms with van der Waals surface area (Å²) in [5, 5.41) is 10.3. The van der Waals surface area contributed by atoms with Gasteiger partial charge in [0.1, 0.15) is 17.6 Å². The smallest absolute Gasteiger partial charge is 0.312 e. The summed E-state index contributed by atoms with van der Waals surface area (Å²) in [5.41, 5.74) is -2.09. The highest BCUT2D eigenvalue weighted by atomic mass is 16.6. The van der Waals surface area contributed by atoms with E-state index in [9.17, 15) is 19.5 Å². The number of likely N-dealkylation sites (tertiary alicyclic amines) is 1. The number of ether oxygens (including phenoxy) is 2. The van der Waals surface area contributed by atoms with Gasteiger partial charge in [0.2, 0.25) is 11.8 Å². The first kappa shape index (κ1) is 27.4. The van der Waals surface area contributed by atoms with Crippen LogP contribution in [0.15, 0.2) is 25.3 Å². The molecular formula is C27H42N2O6. The number of esters is 1. The molecule has 0 aromatic carbocycles. The fourth-order valence-electron chi connectivity index (χ4n) is 6.48. The number of hydrogen-bond acceptors (Lipinski definition) is 6. The van der Waals surface area contributed by atoms with Gasteiger partial charge in [-0.1, -0.05) is 32.9 Å². The number of rotatable bonds is 11. The largest absolute Gasteiger partial charge is 0.465 e. The summed E-state index contributed by atoms with van der Waals surface area (Å²) in [6.45, 7) is 19.2. The van der Waals surface area contributed by atoms with Crippen LogP contribution >= 0.6 is 0 Å². The molecule has 0 aromatic heterocycles. The summed E-state index contributed by atoms with van der Waals surface area (Å²) >= 11 is 0. The summed E-state index contributed by atoms with van der Waals surface area (Å²) in [6.07, 6.45) is 4.31. The fraction of sp³-hybridized carbons (Fsp3) is 0.741. The van der Waals surface area contributed by atoms with Gasteiger partial charge in [0, 0.05) is 12.6 Å². The Morgan fingerprint density at radius 1 is 1.29 bits per heavy atom. The van der Waals surface area contributed by atoms with Gasteiger partial charge in [0.05, 0.1) is 30.8 Å². The molecule has 1 N–H and O–H groups in total. The number of aliphatic hydroxyl groups is 1. The van der Waals surface area contributed by atoms with Gasteiger partial charge in [0.25, 0.3) is 0 Å². The first-order valence-electron chi connectivity index (χ1n) is 12.7. The Kier molecular flexibility index (Phi) is 7.87. The zero-order valence-corrected chi connectivity index (χ0v) is 22.0. The fourth-order valence-corrected chi connectivity index (χ4v) is 6.48. The highest BCUT2D eigenvalue weighted by molar-refractivity contribution is 5.99. The summed E-state index contributed by atoms with van der Waals surface area (Å²) < 4.78 is 12.3. The van der Waals surface area contributed by atoms with E-state index in [4.69, 9.17) is 9.47 Å². The average molecular weight is 491 g/mol. The molecule has 0 aromatic rings. The molecule has 7 atom stereocenters. The summed E-state index contributed by atoms with van der Waals surface area (Å²) in [5.74, 6) is -2.90. The van der Waals surface area contributed by atoms with Gasteiger partial charge >= 0.3 is 5.97 Å². The zero-order valence-electron chi connectivity index (χ0n) is 22.0. The van der Waals surface area contributed by atoms with Gasteiger partial charge in [0.15, 0.2) is 0 Å². The first-order chi connectivity index (χ1) is 16.4. The Hall–Kier alpha value is -2.19. The third-order valence-electron chi connectivity index (χ3n) is 8.35. The van der Waals surface area contributed by atoms with Crippen LogP contribution in [0.25, 0.3) is 0 Å². The monoisotopic (exact) mass is 490 g/mol. The minimum atomic E-state index is -1.17. The molecule has 0 radical (unpaired) electrons. The number of carbonyl (C=O) groups is 3. The van der Waals surface area contributed by atoms with Crippen molar-refractivity contribution >= 4 is 17.8 Å². The zero-order chi connectivity index (χ0) is 26.3. The van der Waals surface area contributed by atoms with E-state index in [0.29, 0.717) is 19.4 Å². The topological polar surface area (TPSA) is 96.4 Å². The minimum absolute atomic E-state index is 0.0720. The first-order valence-corrected chi connectivity index (χ1v) is 12.7. The van der Waals surface area contributed by atoms with Crippen molar-refractivity contribution in [2.24, 2.45) is 23.7 Å². The van der Waals surface area contributed by atoms with E-state index in [2.05, 4.69) is 13.2 Å². The molecule has 8 nitrogen and oxygen atoms in total. The van der Waals surface area contributed by atoms with Crippen molar-refractivity contribution in [2.45, 2.75) is 83.7 Å². The van der Waals surface area contributed by atoms with Gasteiger partial charge in [-0.3, -0.25) is 14.4 Å². The maximum absolute atomic E-state index is 14.2.